The highest BCUT2D eigenvalue weighted by Crippen LogP contribution is 2.42. The maximum absolute atomic E-state index is 13.5. The zero-order valence-corrected chi connectivity index (χ0v) is 25.0. The molecule has 0 radical (unpaired) electrons. The van der Waals surface area contributed by atoms with E-state index in [0.717, 1.165) is 73.5 Å². The summed E-state index contributed by atoms with van der Waals surface area (Å²) in [6, 6.07) is 5.33. The summed E-state index contributed by atoms with van der Waals surface area (Å²) in [6.45, 7) is 6.84. The molecule has 5 heterocycles. The number of nitrogens with zero attached hydrogens (tertiary/aromatic N) is 6. The number of hydrogen-bond acceptors (Lipinski definition) is 9. The summed E-state index contributed by atoms with van der Waals surface area (Å²) in [6.07, 6.45) is 8.46. The van der Waals surface area contributed by atoms with Gasteiger partial charge in [0, 0.05) is 42.7 Å². The van der Waals surface area contributed by atoms with Gasteiger partial charge in [0.25, 0.3) is 0 Å². The molecule has 41 heavy (non-hydrogen) atoms. The van der Waals surface area contributed by atoms with Gasteiger partial charge in [-0.1, -0.05) is 0 Å². The fourth-order valence-corrected chi connectivity index (χ4v) is 8.23. The summed E-state index contributed by atoms with van der Waals surface area (Å²) in [7, 11) is 4.37. The van der Waals surface area contributed by atoms with Crippen LogP contribution >= 0.6 is 11.3 Å². The van der Waals surface area contributed by atoms with Gasteiger partial charge in [0.1, 0.15) is 17.0 Å². The van der Waals surface area contributed by atoms with Crippen molar-refractivity contribution >= 4 is 50.9 Å². The van der Waals surface area contributed by atoms with Gasteiger partial charge in [-0.15, -0.1) is 11.3 Å². The molecular formula is C31H39N7O2S. The Morgan fingerprint density at radius 3 is 2.80 bits per heavy atom. The van der Waals surface area contributed by atoms with Crippen molar-refractivity contribution in [3.8, 4) is 0 Å². The molecule has 1 N–H and O–H groups in total. The average Bonchev–Trinajstić information content (AvgIpc) is 3.60. The molecule has 1 aliphatic carbocycles. The minimum atomic E-state index is 0.0215. The van der Waals surface area contributed by atoms with E-state index >= 15 is 0 Å². The molecule has 2 fully saturated rings. The number of benzene rings is 1. The molecule has 1 aromatic carbocycles. The minimum absolute atomic E-state index is 0.0215. The Labute approximate surface area is 245 Å². The monoisotopic (exact) mass is 573 g/mol. The Balaban J connectivity index is 1.18. The first kappa shape index (κ1) is 26.8. The van der Waals surface area contributed by atoms with Crippen molar-refractivity contribution in [2.45, 2.75) is 57.7 Å². The van der Waals surface area contributed by atoms with E-state index in [1.54, 1.807) is 17.7 Å². The average molecular weight is 574 g/mol. The van der Waals surface area contributed by atoms with Crippen molar-refractivity contribution in [3.63, 3.8) is 0 Å². The molecular weight excluding hydrogens is 534 g/mol. The summed E-state index contributed by atoms with van der Waals surface area (Å²) in [4.78, 5) is 36.6. The number of morpholine rings is 1. The molecule has 2 aromatic heterocycles. The molecule has 0 bridgehead atoms. The van der Waals surface area contributed by atoms with Crippen LogP contribution in [0, 0.1) is 5.92 Å². The maximum Gasteiger partial charge on any atom is 0.226 e. The lowest BCUT2D eigenvalue weighted by molar-refractivity contribution is -0.143. The molecule has 9 nitrogen and oxygen atoms in total. The summed E-state index contributed by atoms with van der Waals surface area (Å²) >= 11 is 1.73. The smallest absolute Gasteiger partial charge is 0.226 e. The number of rotatable bonds is 5. The van der Waals surface area contributed by atoms with Gasteiger partial charge >= 0.3 is 0 Å². The number of ether oxygens (including phenoxy) is 1. The number of aryl methyl sites for hydroxylation is 1. The van der Waals surface area contributed by atoms with Gasteiger partial charge in [-0.05, 0) is 81.9 Å². The van der Waals surface area contributed by atoms with Gasteiger partial charge in [0.2, 0.25) is 5.91 Å². The number of aromatic nitrogens is 2. The molecule has 3 aromatic rings. The molecule has 0 saturated carbocycles. The predicted octanol–water partition coefficient (Wildman–Crippen LogP) is 4.25. The fraction of sp³-hybridized carbons (Fsp3) is 0.548. The third-order valence-corrected chi connectivity index (χ3v) is 10.5. The van der Waals surface area contributed by atoms with E-state index in [-0.39, 0.29) is 17.9 Å². The van der Waals surface area contributed by atoms with Gasteiger partial charge < -0.3 is 24.8 Å². The lowest BCUT2D eigenvalue weighted by atomic mass is 9.86. The Bertz CT molecular complexity index is 1490. The van der Waals surface area contributed by atoms with Gasteiger partial charge in [0.15, 0.2) is 0 Å². The number of amides is 1. The lowest BCUT2D eigenvalue weighted by Gasteiger charge is -2.37. The molecule has 3 aliphatic heterocycles. The normalized spacial score (nSPS) is 22.8. The topological polar surface area (TPSA) is 86.2 Å². The largest absolute Gasteiger partial charge is 0.377 e. The minimum Gasteiger partial charge on any atom is -0.377 e. The highest BCUT2D eigenvalue weighted by molar-refractivity contribution is 7.19. The number of aliphatic imine (C=N–C) groups is 1. The molecule has 0 spiro atoms. The van der Waals surface area contributed by atoms with Gasteiger partial charge in [0.05, 0.1) is 42.6 Å². The number of piperidine rings is 1. The number of carbonyl (C=O) groups is 1. The first-order chi connectivity index (χ1) is 20.0. The van der Waals surface area contributed by atoms with Gasteiger partial charge in [-0.25, -0.2) is 9.97 Å². The zero-order chi connectivity index (χ0) is 28.1. The number of fused-ring (bicyclic) bond motifs is 4. The van der Waals surface area contributed by atoms with Crippen molar-refractivity contribution < 1.29 is 9.53 Å². The number of thiophene rings is 1. The van der Waals surface area contributed by atoms with Crippen LogP contribution in [0.25, 0.3) is 10.2 Å². The number of hydrogen-bond donors (Lipinski definition) is 1. The second-order valence-electron chi connectivity index (χ2n) is 12.1. The van der Waals surface area contributed by atoms with Crippen LogP contribution in [0.2, 0.25) is 0 Å². The molecule has 2 saturated heterocycles. The van der Waals surface area contributed by atoms with E-state index in [2.05, 4.69) is 58.2 Å². The maximum atomic E-state index is 13.5. The summed E-state index contributed by atoms with van der Waals surface area (Å²) in [5, 5.41) is 4.87. The SMILES string of the molecule is C[C@H]1COCCN1C(=O)[C@H]1CCc2c(sc3ncnc(Nc4cc5c(cc4N4CCC(N(C)C)CC4)CN=C5)c23)C1. The van der Waals surface area contributed by atoms with Crippen molar-refractivity contribution in [1.29, 1.82) is 0 Å². The van der Waals surface area contributed by atoms with Gasteiger partial charge in [-0.2, -0.15) is 0 Å². The van der Waals surface area contributed by atoms with E-state index in [1.165, 1.54) is 27.3 Å². The van der Waals surface area contributed by atoms with Crippen LogP contribution in [-0.2, 0) is 28.9 Å². The van der Waals surface area contributed by atoms with Crippen molar-refractivity contribution in [3.05, 3.63) is 40.0 Å². The fourth-order valence-electron chi connectivity index (χ4n) is 6.97. The van der Waals surface area contributed by atoms with E-state index < -0.39 is 0 Å². The second-order valence-corrected chi connectivity index (χ2v) is 13.2. The van der Waals surface area contributed by atoms with E-state index in [0.29, 0.717) is 25.8 Å². The third-order valence-electron chi connectivity index (χ3n) is 9.38. The number of carbonyl (C=O) groups excluding carboxylic acids is 1. The third kappa shape index (κ3) is 5.00. The molecule has 1 amide bonds. The molecule has 2 atom stereocenters. The van der Waals surface area contributed by atoms with Crippen LogP contribution in [0.4, 0.5) is 17.2 Å². The Kier molecular flexibility index (Phi) is 7.16. The number of nitrogens with one attached hydrogen (secondary N) is 1. The van der Waals surface area contributed by atoms with E-state index in [9.17, 15) is 4.79 Å². The molecule has 216 valence electrons. The van der Waals surface area contributed by atoms with Crippen LogP contribution in [0.15, 0.2) is 23.5 Å². The highest BCUT2D eigenvalue weighted by Gasteiger charge is 2.34. The van der Waals surface area contributed by atoms with Crippen LogP contribution in [0.3, 0.4) is 0 Å². The lowest BCUT2D eigenvalue weighted by Crippen LogP contribution is -2.50. The molecule has 0 unspecified atom stereocenters. The second kappa shape index (κ2) is 11.0. The van der Waals surface area contributed by atoms with Crippen LogP contribution in [-0.4, -0.2) is 90.9 Å². The summed E-state index contributed by atoms with van der Waals surface area (Å²) in [5.74, 6) is 1.15. The Morgan fingerprint density at radius 1 is 1.15 bits per heavy atom. The summed E-state index contributed by atoms with van der Waals surface area (Å²) in [5.41, 5.74) is 6.07. The van der Waals surface area contributed by atoms with Crippen LogP contribution in [0.1, 0.15) is 47.8 Å². The Hall–Kier alpha value is -3.08. The number of anilines is 3. The summed E-state index contributed by atoms with van der Waals surface area (Å²) < 4.78 is 5.57. The zero-order valence-electron chi connectivity index (χ0n) is 24.2. The van der Waals surface area contributed by atoms with E-state index in [4.69, 9.17) is 9.72 Å². The molecule has 7 rings (SSSR count). The molecule has 4 aliphatic rings. The standard InChI is InChI=1S/C31H39N7O2S/c1-19-17-40-11-10-38(19)31(39)20-4-5-24-27(14-20)41-30-28(24)29(33-18-34-30)35-25-12-21-15-32-16-22(21)13-26(25)37-8-6-23(7-9-37)36(2)3/h12-13,15,18-20,23H,4-11,14,16-17H2,1-3H3,(H,33,34,35)/t19-,20-/m0/s1. The van der Waals surface area contributed by atoms with Crippen LogP contribution < -0.4 is 10.2 Å². The first-order valence-corrected chi connectivity index (χ1v) is 15.8. The van der Waals surface area contributed by atoms with Crippen molar-refractivity contribution in [2.75, 3.05) is 57.2 Å². The van der Waals surface area contributed by atoms with Crippen molar-refractivity contribution in [2.24, 2.45) is 10.9 Å². The quantitative estimate of drug-likeness (QED) is 0.489. The first-order valence-electron chi connectivity index (χ1n) is 14.9. The van der Waals surface area contributed by atoms with Gasteiger partial charge in [-0.3, -0.25) is 9.79 Å². The highest BCUT2D eigenvalue weighted by atomic mass is 32.1. The predicted molar refractivity (Wildman–Crippen MR) is 165 cm³/mol. The van der Waals surface area contributed by atoms with E-state index in [1.807, 2.05) is 11.1 Å². The molecule has 10 heteroatoms. The van der Waals surface area contributed by atoms with Crippen LogP contribution in [0.5, 0.6) is 0 Å². The van der Waals surface area contributed by atoms with Crippen molar-refractivity contribution in [1.82, 2.24) is 19.8 Å². The Morgan fingerprint density at radius 2 is 2.00 bits per heavy atom.